The van der Waals surface area contributed by atoms with Gasteiger partial charge in [0.15, 0.2) is 11.5 Å². The number of hydrogen-bond acceptors (Lipinski definition) is 5. The highest BCUT2D eigenvalue weighted by Crippen LogP contribution is 2.33. The molecule has 2 aliphatic rings. The lowest BCUT2D eigenvalue weighted by Crippen LogP contribution is -2.33. The molecule has 0 amide bonds. The first-order valence-corrected chi connectivity index (χ1v) is 8.12. The molecule has 1 heterocycles. The van der Waals surface area contributed by atoms with E-state index in [1.807, 2.05) is 0 Å². The Morgan fingerprint density at radius 1 is 1.25 bits per heavy atom. The molecule has 1 aliphatic carbocycles. The molecule has 1 unspecified atom stereocenters. The van der Waals surface area contributed by atoms with Gasteiger partial charge in [-0.05, 0) is 30.9 Å². The Balaban J connectivity index is 1.73. The van der Waals surface area contributed by atoms with Gasteiger partial charge in [0.1, 0.15) is 13.2 Å². The predicted octanol–water partition coefficient (Wildman–Crippen LogP) is 0.507. The Bertz CT molecular complexity index is 597. The molecule has 3 rings (SSSR count). The topological polar surface area (TPSA) is 84.9 Å². The molecular weight excluding hydrogens is 282 g/mol. The Kier molecular flexibility index (Phi) is 3.57. The van der Waals surface area contributed by atoms with E-state index in [9.17, 15) is 13.5 Å². The van der Waals surface area contributed by atoms with Crippen LogP contribution in [0.25, 0.3) is 0 Å². The number of nitrogens with one attached hydrogen (secondary N) is 1. The van der Waals surface area contributed by atoms with Crippen LogP contribution in [0.4, 0.5) is 0 Å². The number of aliphatic hydroxyl groups excluding tert-OH is 1. The number of rotatable bonds is 5. The summed E-state index contributed by atoms with van der Waals surface area (Å²) in [5.74, 6) is 1.22. The second-order valence-electron chi connectivity index (χ2n) is 5.06. The highest BCUT2D eigenvalue weighted by atomic mass is 32.2. The molecule has 110 valence electrons. The summed E-state index contributed by atoms with van der Waals surface area (Å²) in [6, 6.07) is 4.50. The standard InChI is InChI=1S/C13H17NO5S/c15-11(9-1-2-9)8-14-20(16,17)10-3-4-12-13(7-10)19-6-5-18-12/h3-4,7,9,11,14-15H,1-2,5-6,8H2. The molecule has 0 radical (unpaired) electrons. The number of hydrogen-bond donors (Lipinski definition) is 2. The van der Waals surface area contributed by atoms with Crippen molar-refractivity contribution in [3.63, 3.8) is 0 Å². The van der Waals surface area contributed by atoms with Crippen LogP contribution in [0.2, 0.25) is 0 Å². The van der Waals surface area contributed by atoms with Crippen LogP contribution in [0.1, 0.15) is 12.8 Å². The average molecular weight is 299 g/mol. The first-order chi connectivity index (χ1) is 9.56. The van der Waals surface area contributed by atoms with Crippen molar-refractivity contribution in [3.8, 4) is 11.5 Å². The van der Waals surface area contributed by atoms with Crippen molar-refractivity contribution in [2.24, 2.45) is 5.92 Å². The van der Waals surface area contributed by atoms with E-state index in [-0.39, 0.29) is 17.4 Å². The Hall–Kier alpha value is -1.31. The van der Waals surface area contributed by atoms with E-state index in [0.717, 1.165) is 12.8 Å². The number of ether oxygens (including phenoxy) is 2. The second-order valence-corrected chi connectivity index (χ2v) is 6.83. The molecule has 1 atom stereocenters. The second kappa shape index (κ2) is 5.23. The fourth-order valence-electron chi connectivity index (χ4n) is 2.12. The van der Waals surface area contributed by atoms with Crippen molar-refractivity contribution >= 4 is 10.0 Å². The van der Waals surface area contributed by atoms with E-state index in [4.69, 9.17) is 9.47 Å². The molecule has 1 aromatic carbocycles. The Labute approximate surface area is 117 Å². The predicted molar refractivity (Wildman–Crippen MR) is 71.4 cm³/mol. The molecule has 0 spiro atoms. The Morgan fingerprint density at radius 3 is 2.65 bits per heavy atom. The van der Waals surface area contributed by atoms with Crippen LogP contribution in [0.15, 0.2) is 23.1 Å². The minimum absolute atomic E-state index is 0.0431. The summed E-state index contributed by atoms with van der Waals surface area (Å²) in [5, 5.41) is 9.72. The van der Waals surface area contributed by atoms with Gasteiger partial charge >= 0.3 is 0 Å². The summed E-state index contributed by atoms with van der Waals surface area (Å²) in [6.45, 7) is 0.913. The van der Waals surface area contributed by atoms with E-state index in [1.165, 1.54) is 12.1 Å². The molecule has 0 aromatic heterocycles. The van der Waals surface area contributed by atoms with Crippen LogP contribution in [-0.4, -0.2) is 39.4 Å². The number of sulfonamides is 1. The molecule has 0 bridgehead atoms. The molecular formula is C13H17NO5S. The minimum Gasteiger partial charge on any atom is -0.486 e. The molecule has 7 heteroatoms. The summed E-state index contributed by atoms with van der Waals surface area (Å²) >= 11 is 0. The lowest BCUT2D eigenvalue weighted by Gasteiger charge is -2.19. The van der Waals surface area contributed by atoms with Gasteiger partial charge in [-0.25, -0.2) is 13.1 Å². The molecule has 6 nitrogen and oxygen atoms in total. The van der Waals surface area contributed by atoms with E-state index in [1.54, 1.807) is 6.07 Å². The van der Waals surface area contributed by atoms with Gasteiger partial charge in [0, 0.05) is 12.6 Å². The molecule has 2 N–H and O–H groups in total. The normalized spacial score (nSPS) is 19.6. The molecule has 1 saturated carbocycles. The van der Waals surface area contributed by atoms with Gasteiger partial charge in [0.2, 0.25) is 10.0 Å². The van der Waals surface area contributed by atoms with E-state index in [2.05, 4.69) is 4.72 Å². The fourth-order valence-corrected chi connectivity index (χ4v) is 3.18. The zero-order valence-corrected chi connectivity index (χ0v) is 11.7. The maximum atomic E-state index is 12.1. The lowest BCUT2D eigenvalue weighted by molar-refractivity contribution is 0.155. The van der Waals surface area contributed by atoms with Crippen molar-refractivity contribution < 1.29 is 23.0 Å². The van der Waals surface area contributed by atoms with Gasteiger partial charge in [-0.2, -0.15) is 0 Å². The third kappa shape index (κ3) is 2.89. The molecule has 0 saturated heterocycles. The molecule has 20 heavy (non-hydrogen) atoms. The zero-order valence-electron chi connectivity index (χ0n) is 10.9. The van der Waals surface area contributed by atoms with Gasteiger partial charge < -0.3 is 14.6 Å². The summed E-state index contributed by atoms with van der Waals surface area (Å²) in [4.78, 5) is 0.116. The van der Waals surface area contributed by atoms with Gasteiger partial charge in [-0.15, -0.1) is 0 Å². The summed E-state index contributed by atoms with van der Waals surface area (Å²) in [7, 11) is -3.64. The third-order valence-electron chi connectivity index (χ3n) is 3.47. The van der Waals surface area contributed by atoms with Crippen molar-refractivity contribution in [3.05, 3.63) is 18.2 Å². The summed E-state index contributed by atoms with van der Waals surface area (Å²) in [6.07, 6.45) is 1.32. The van der Waals surface area contributed by atoms with Crippen LogP contribution < -0.4 is 14.2 Å². The zero-order chi connectivity index (χ0) is 14.2. The average Bonchev–Trinajstić information content (AvgIpc) is 3.29. The largest absolute Gasteiger partial charge is 0.486 e. The SMILES string of the molecule is O=S(=O)(NCC(O)C1CC1)c1ccc2c(c1)OCCO2. The maximum absolute atomic E-state index is 12.1. The van der Waals surface area contributed by atoms with Crippen LogP contribution >= 0.6 is 0 Å². The smallest absolute Gasteiger partial charge is 0.240 e. The first kappa shape index (κ1) is 13.7. The summed E-state index contributed by atoms with van der Waals surface area (Å²) < 4.78 is 37.4. The number of benzene rings is 1. The van der Waals surface area contributed by atoms with E-state index < -0.39 is 16.1 Å². The minimum atomic E-state index is -3.64. The molecule has 1 aliphatic heterocycles. The van der Waals surface area contributed by atoms with Crippen LogP contribution in [0.5, 0.6) is 11.5 Å². The van der Waals surface area contributed by atoms with Gasteiger partial charge in [0.25, 0.3) is 0 Å². The van der Waals surface area contributed by atoms with Crippen LogP contribution in [0, 0.1) is 5.92 Å². The van der Waals surface area contributed by atoms with Gasteiger partial charge in [-0.3, -0.25) is 0 Å². The van der Waals surface area contributed by atoms with Crippen LogP contribution in [0.3, 0.4) is 0 Å². The van der Waals surface area contributed by atoms with Crippen molar-refractivity contribution in [1.82, 2.24) is 4.72 Å². The third-order valence-corrected chi connectivity index (χ3v) is 4.89. The first-order valence-electron chi connectivity index (χ1n) is 6.64. The number of aliphatic hydroxyl groups is 1. The van der Waals surface area contributed by atoms with Gasteiger partial charge in [0.05, 0.1) is 11.0 Å². The summed E-state index contributed by atoms with van der Waals surface area (Å²) in [5.41, 5.74) is 0. The van der Waals surface area contributed by atoms with Crippen molar-refractivity contribution in [2.75, 3.05) is 19.8 Å². The molecule has 1 fully saturated rings. The molecule has 1 aromatic rings. The quantitative estimate of drug-likeness (QED) is 0.827. The number of fused-ring (bicyclic) bond motifs is 1. The van der Waals surface area contributed by atoms with Crippen LogP contribution in [-0.2, 0) is 10.0 Å². The fraction of sp³-hybridized carbons (Fsp3) is 0.538. The monoisotopic (exact) mass is 299 g/mol. The lowest BCUT2D eigenvalue weighted by atomic mass is 10.2. The van der Waals surface area contributed by atoms with E-state index >= 15 is 0 Å². The van der Waals surface area contributed by atoms with E-state index in [0.29, 0.717) is 24.7 Å². The van der Waals surface area contributed by atoms with Gasteiger partial charge in [-0.1, -0.05) is 0 Å². The van der Waals surface area contributed by atoms with Crippen molar-refractivity contribution in [2.45, 2.75) is 23.8 Å². The highest BCUT2D eigenvalue weighted by Gasteiger charge is 2.30. The highest BCUT2D eigenvalue weighted by molar-refractivity contribution is 7.89. The Morgan fingerprint density at radius 2 is 1.95 bits per heavy atom. The van der Waals surface area contributed by atoms with Crippen molar-refractivity contribution in [1.29, 1.82) is 0 Å². The maximum Gasteiger partial charge on any atom is 0.240 e.